The van der Waals surface area contributed by atoms with E-state index in [1.54, 1.807) is 19.1 Å². The van der Waals surface area contributed by atoms with Crippen molar-refractivity contribution in [3.05, 3.63) is 64.3 Å². The summed E-state index contributed by atoms with van der Waals surface area (Å²) in [6, 6.07) is 7.08. The summed E-state index contributed by atoms with van der Waals surface area (Å²) in [6.45, 7) is 1.44. The first kappa shape index (κ1) is 24.8. The Morgan fingerprint density at radius 1 is 1.08 bits per heavy atom. The van der Waals surface area contributed by atoms with Gasteiger partial charge in [0.05, 0.1) is 24.9 Å². The van der Waals surface area contributed by atoms with Crippen molar-refractivity contribution in [3.63, 3.8) is 0 Å². The van der Waals surface area contributed by atoms with Crippen molar-refractivity contribution in [2.24, 2.45) is 17.8 Å². The van der Waals surface area contributed by atoms with E-state index < -0.39 is 35.5 Å². The Labute approximate surface area is 213 Å². The van der Waals surface area contributed by atoms with E-state index in [0.717, 1.165) is 16.0 Å². The number of benzene rings is 1. The number of imide groups is 1. The molecule has 2 amide bonds. The number of Topliss-reactive ketones (excluding diaryl/α,β-unsaturated/α-hetero) is 1. The summed E-state index contributed by atoms with van der Waals surface area (Å²) in [6.07, 6.45) is 3.41. The molecule has 37 heavy (non-hydrogen) atoms. The van der Waals surface area contributed by atoms with Gasteiger partial charge in [-0.2, -0.15) is 0 Å². The molecule has 0 radical (unpaired) electrons. The van der Waals surface area contributed by atoms with Gasteiger partial charge in [-0.25, -0.2) is 0 Å². The molecule has 1 heterocycles. The van der Waals surface area contributed by atoms with Crippen LogP contribution in [0.2, 0.25) is 0 Å². The number of carboxylic acid groups (broad SMARTS) is 1. The van der Waals surface area contributed by atoms with Crippen molar-refractivity contribution < 1.29 is 38.9 Å². The van der Waals surface area contributed by atoms with Gasteiger partial charge in [0, 0.05) is 29.2 Å². The smallest absolute Gasteiger partial charge is 0.305 e. The predicted octanol–water partition coefficient (Wildman–Crippen LogP) is 1.96. The number of carbonyl (C=O) groups excluding carboxylic acids is 4. The van der Waals surface area contributed by atoms with Crippen LogP contribution >= 0.6 is 0 Å². The number of hydrogen-bond donors (Lipinski definition) is 2. The van der Waals surface area contributed by atoms with E-state index in [2.05, 4.69) is 0 Å². The van der Waals surface area contributed by atoms with Gasteiger partial charge in [0.1, 0.15) is 12.4 Å². The summed E-state index contributed by atoms with van der Waals surface area (Å²) in [4.78, 5) is 65.1. The quantitative estimate of drug-likeness (QED) is 0.326. The molecule has 0 bridgehead atoms. The SMILES string of the molecule is CC1=CC(=O)C2=C(C1=O)[C@@H](c1ccc(OCCO)cc1)C1=CC[C@@H]3C(=O)N(CCC(=O)O)C(=O)[C@@H]3[C@@H]1C2. The molecule has 0 unspecified atom stereocenters. The van der Waals surface area contributed by atoms with E-state index in [1.165, 1.54) is 6.08 Å². The topological polar surface area (TPSA) is 138 Å². The molecule has 0 saturated carbocycles. The first-order chi connectivity index (χ1) is 17.7. The second kappa shape index (κ2) is 9.55. The molecule has 4 atom stereocenters. The molecular weight excluding hydrogens is 478 g/mol. The van der Waals surface area contributed by atoms with Gasteiger partial charge in [-0.3, -0.25) is 28.9 Å². The van der Waals surface area contributed by atoms with E-state index in [4.69, 9.17) is 14.9 Å². The van der Waals surface area contributed by atoms with Crippen molar-refractivity contribution in [1.82, 2.24) is 4.90 Å². The molecule has 9 heteroatoms. The number of amides is 2. The third kappa shape index (κ3) is 4.13. The third-order valence-electron chi connectivity index (χ3n) is 7.78. The maximum absolute atomic E-state index is 13.4. The van der Waals surface area contributed by atoms with Gasteiger partial charge in [-0.05, 0) is 49.5 Å². The third-order valence-corrected chi connectivity index (χ3v) is 7.78. The number of carboxylic acids is 1. The van der Waals surface area contributed by atoms with Crippen LogP contribution in [0.1, 0.15) is 37.7 Å². The van der Waals surface area contributed by atoms with Crippen LogP contribution < -0.4 is 4.74 Å². The predicted molar refractivity (Wildman–Crippen MR) is 129 cm³/mol. The summed E-state index contributed by atoms with van der Waals surface area (Å²) in [5.41, 5.74) is 2.73. The molecule has 192 valence electrons. The minimum absolute atomic E-state index is 0.129. The lowest BCUT2D eigenvalue weighted by Crippen LogP contribution is -2.40. The minimum atomic E-state index is -1.10. The molecule has 5 rings (SSSR count). The van der Waals surface area contributed by atoms with E-state index in [9.17, 15) is 24.0 Å². The first-order valence-corrected chi connectivity index (χ1v) is 12.3. The van der Waals surface area contributed by atoms with E-state index in [-0.39, 0.29) is 50.1 Å². The van der Waals surface area contributed by atoms with Crippen LogP contribution in [0.4, 0.5) is 0 Å². The van der Waals surface area contributed by atoms with Gasteiger partial charge in [-0.15, -0.1) is 0 Å². The van der Waals surface area contributed by atoms with Crippen molar-refractivity contribution in [3.8, 4) is 5.75 Å². The normalized spacial score (nSPS) is 26.9. The van der Waals surface area contributed by atoms with Crippen molar-refractivity contribution in [2.75, 3.05) is 19.8 Å². The van der Waals surface area contributed by atoms with Crippen LogP contribution in [0, 0.1) is 17.8 Å². The van der Waals surface area contributed by atoms with Crippen LogP contribution in [0.15, 0.2) is 58.7 Å². The highest BCUT2D eigenvalue weighted by molar-refractivity contribution is 6.23. The standard InChI is InChI=1S/C28H27NO8/c1-14-12-21(31)20-13-19-17(6-7-18-24(19)28(36)29(27(18)35)9-8-22(32)33)23(25(20)26(14)34)15-2-4-16(5-3-15)37-11-10-30/h2-6,12,18-19,23-24,30H,7-11,13H2,1H3,(H,32,33)/t18-,19+,23-,24-/m0/s1. The number of ether oxygens (including phenoxy) is 1. The number of aliphatic hydroxyl groups excluding tert-OH is 1. The Hall–Kier alpha value is -3.85. The average Bonchev–Trinajstić information content (AvgIpc) is 3.13. The molecule has 1 saturated heterocycles. The van der Waals surface area contributed by atoms with Crippen molar-refractivity contribution in [1.29, 1.82) is 0 Å². The number of carbonyl (C=O) groups is 5. The Morgan fingerprint density at radius 3 is 2.49 bits per heavy atom. The average molecular weight is 506 g/mol. The molecule has 1 fully saturated rings. The lowest BCUT2D eigenvalue weighted by molar-refractivity contribution is -0.142. The van der Waals surface area contributed by atoms with E-state index >= 15 is 0 Å². The summed E-state index contributed by atoms with van der Waals surface area (Å²) in [7, 11) is 0. The van der Waals surface area contributed by atoms with Gasteiger partial charge in [0.25, 0.3) is 0 Å². The van der Waals surface area contributed by atoms with Crippen LogP contribution in [0.5, 0.6) is 5.75 Å². The zero-order chi connectivity index (χ0) is 26.4. The summed E-state index contributed by atoms with van der Waals surface area (Å²) in [5.74, 6) is -4.15. The summed E-state index contributed by atoms with van der Waals surface area (Å²) in [5, 5.41) is 18.1. The monoisotopic (exact) mass is 505 g/mol. The Balaban J connectivity index is 1.57. The van der Waals surface area contributed by atoms with E-state index in [0.29, 0.717) is 28.9 Å². The molecule has 3 aliphatic carbocycles. The number of hydrogen-bond acceptors (Lipinski definition) is 7. The number of aliphatic carboxylic acids is 1. The van der Waals surface area contributed by atoms with Crippen LogP contribution in [0.3, 0.4) is 0 Å². The molecule has 0 aromatic heterocycles. The fourth-order valence-corrected chi connectivity index (χ4v) is 6.15. The van der Waals surface area contributed by atoms with Gasteiger partial charge in [0.2, 0.25) is 11.8 Å². The minimum Gasteiger partial charge on any atom is -0.491 e. The number of likely N-dealkylation sites (tertiary alicyclic amines) is 1. The van der Waals surface area contributed by atoms with Crippen molar-refractivity contribution in [2.45, 2.75) is 32.1 Å². The summed E-state index contributed by atoms with van der Waals surface area (Å²) >= 11 is 0. The number of fused-ring (bicyclic) bond motifs is 3. The molecule has 2 N–H and O–H groups in total. The number of allylic oxidation sites excluding steroid dienone is 6. The zero-order valence-corrected chi connectivity index (χ0v) is 20.3. The van der Waals surface area contributed by atoms with Gasteiger partial charge < -0.3 is 14.9 Å². The molecule has 1 aromatic rings. The van der Waals surface area contributed by atoms with Crippen LogP contribution in [-0.2, 0) is 24.0 Å². The number of ketones is 2. The van der Waals surface area contributed by atoms with Gasteiger partial charge in [0.15, 0.2) is 11.6 Å². The maximum Gasteiger partial charge on any atom is 0.305 e. The van der Waals surface area contributed by atoms with Gasteiger partial charge >= 0.3 is 5.97 Å². The first-order valence-electron chi connectivity index (χ1n) is 12.3. The number of aliphatic hydroxyl groups is 1. The Kier molecular flexibility index (Phi) is 6.41. The second-order valence-corrected chi connectivity index (χ2v) is 9.84. The fourth-order valence-electron chi connectivity index (χ4n) is 6.15. The fraction of sp³-hybridized carbons (Fsp3) is 0.393. The Bertz CT molecular complexity index is 1300. The highest BCUT2D eigenvalue weighted by atomic mass is 16.5. The Morgan fingerprint density at radius 2 is 1.81 bits per heavy atom. The highest BCUT2D eigenvalue weighted by Crippen LogP contribution is 2.55. The molecule has 4 aliphatic rings. The summed E-state index contributed by atoms with van der Waals surface area (Å²) < 4.78 is 5.46. The molecule has 0 spiro atoms. The zero-order valence-electron chi connectivity index (χ0n) is 20.3. The van der Waals surface area contributed by atoms with E-state index in [1.807, 2.05) is 18.2 Å². The maximum atomic E-state index is 13.4. The van der Waals surface area contributed by atoms with Crippen LogP contribution in [-0.4, -0.2) is 64.2 Å². The number of nitrogens with zero attached hydrogens (tertiary/aromatic N) is 1. The number of rotatable bonds is 7. The molecule has 1 aliphatic heterocycles. The van der Waals surface area contributed by atoms with Crippen LogP contribution in [0.25, 0.3) is 0 Å². The van der Waals surface area contributed by atoms with Crippen molar-refractivity contribution >= 4 is 29.4 Å². The molecular formula is C28H27NO8. The molecule has 1 aromatic carbocycles. The lowest BCUT2D eigenvalue weighted by atomic mass is 9.59. The largest absolute Gasteiger partial charge is 0.491 e. The van der Waals surface area contributed by atoms with Gasteiger partial charge in [-0.1, -0.05) is 23.8 Å². The highest BCUT2D eigenvalue weighted by Gasteiger charge is 2.56. The molecule has 9 nitrogen and oxygen atoms in total. The lowest BCUT2D eigenvalue weighted by Gasteiger charge is -2.42. The second-order valence-electron chi connectivity index (χ2n) is 9.84.